The average Bonchev–Trinajstić information content (AvgIpc) is 3.26. The van der Waals surface area contributed by atoms with E-state index in [0.717, 1.165) is 25.2 Å². The van der Waals surface area contributed by atoms with Crippen molar-refractivity contribution in [1.82, 2.24) is 9.47 Å². The number of phenolic OH excluding ortho intramolecular Hbond substituents is 1. The predicted octanol–water partition coefficient (Wildman–Crippen LogP) is 4.80. The molecule has 172 valence electrons. The highest BCUT2D eigenvalue weighted by molar-refractivity contribution is 6.30. The van der Waals surface area contributed by atoms with Crippen LogP contribution in [0.3, 0.4) is 0 Å². The van der Waals surface area contributed by atoms with Gasteiger partial charge in [0, 0.05) is 65.4 Å². The topological polar surface area (TPSA) is 75.7 Å². The first-order valence-corrected chi connectivity index (χ1v) is 11.8. The minimum Gasteiger partial charge on any atom is -0.508 e. The van der Waals surface area contributed by atoms with Crippen LogP contribution in [0.15, 0.2) is 70.1 Å². The number of nitrogens with zero attached hydrogens (tertiary/aromatic N) is 2. The average molecular weight is 475 g/mol. The van der Waals surface area contributed by atoms with E-state index in [1.807, 2.05) is 16.7 Å². The molecule has 2 atom stereocenters. The van der Waals surface area contributed by atoms with Crippen LogP contribution in [0, 0.1) is 5.92 Å². The van der Waals surface area contributed by atoms with Gasteiger partial charge in [-0.3, -0.25) is 14.5 Å². The van der Waals surface area contributed by atoms with Gasteiger partial charge in [-0.2, -0.15) is 0 Å². The second kappa shape index (κ2) is 8.15. The molecule has 0 aliphatic carbocycles. The van der Waals surface area contributed by atoms with Crippen molar-refractivity contribution in [1.29, 1.82) is 0 Å². The molecule has 2 aliphatic heterocycles. The molecule has 6 rings (SSSR count). The Morgan fingerprint density at radius 3 is 2.71 bits per heavy atom. The van der Waals surface area contributed by atoms with Crippen molar-refractivity contribution in [3.63, 3.8) is 0 Å². The number of fused-ring (bicyclic) bond motifs is 5. The number of carbonyl (C=O) groups excluding carboxylic acids is 1. The fraction of sp³-hybridized carbons (Fsp3) is 0.259. The lowest BCUT2D eigenvalue weighted by molar-refractivity contribution is 0.103. The molecule has 0 saturated carbocycles. The molecule has 1 saturated heterocycles. The number of benzene rings is 2. The molecule has 0 unspecified atom stereocenters. The third-order valence-corrected chi connectivity index (χ3v) is 7.36. The van der Waals surface area contributed by atoms with E-state index < -0.39 is 0 Å². The minimum atomic E-state index is -0.175. The highest BCUT2D eigenvalue weighted by Gasteiger charge is 2.35. The number of aromatic nitrogens is 1. The Labute approximate surface area is 201 Å². The zero-order chi connectivity index (χ0) is 23.4. The first-order chi connectivity index (χ1) is 16.5. The summed E-state index contributed by atoms with van der Waals surface area (Å²) in [5, 5.41) is 12.0. The summed E-state index contributed by atoms with van der Waals surface area (Å²) in [5.41, 5.74) is 3.34. The van der Waals surface area contributed by atoms with Crippen LogP contribution < -0.4 is 5.56 Å². The summed E-state index contributed by atoms with van der Waals surface area (Å²) in [5.74, 6) is 0.604. The first kappa shape index (κ1) is 21.2. The molecular formula is C27H23ClN2O4. The number of rotatable bonds is 4. The number of phenols is 1. The Bertz CT molecular complexity index is 1470. The van der Waals surface area contributed by atoms with Crippen molar-refractivity contribution >= 4 is 28.4 Å². The molecule has 1 N–H and O–H groups in total. The van der Waals surface area contributed by atoms with Crippen LogP contribution in [0.1, 0.15) is 39.5 Å². The van der Waals surface area contributed by atoms with Crippen molar-refractivity contribution < 1.29 is 14.3 Å². The Morgan fingerprint density at radius 1 is 1.06 bits per heavy atom. The van der Waals surface area contributed by atoms with Crippen molar-refractivity contribution in [3.05, 3.63) is 98.6 Å². The maximum atomic E-state index is 13.3. The summed E-state index contributed by atoms with van der Waals surface area (Å²) >= 11 is 5.98. The number of halogens is 1. The van der Waals surface area contributed by atoms with Crippen LogP contribution in [-0.2, 0) is 13.1 Å². The lowest BCUT2D eigenvalue weighted by Gasteiger charge is -2.42. The number of furan rings is 1. The van der Waals surface area contributed by atoms with E-state index in [0.29, 0.717) is 51.7 Å². The van der Waals surface area contributed by atoms with Gasteiger partial charge < -0.3 is 14.1 Å². The molecular weight excluding hydrogens is 452 g/mol. The maximum Gasteiger partial charge on any atom is 0.250 e. The van der Waals surface area contributed by atoms with E-state index in [1.165, 1.54) is 6.26 Å². The standard InChI is InChI=1S/C27H23ClN2O4/c28-19-6-4-17(5-7-19)27(33)21-15-34-24-9-8-23(31)20(26(21)24)14-29-11-16-10-18(13-29)22-2-1-3-25(32)30(22)12-16/h1-9,15-16,18,31H,10-14H2/t16-,18+/m1/s1. The number of hydrogen-bond donors (Lipinski definition) is 1. The number of aromatic hydroxyl groups is 1. The molecule has 0 radical (unpaired) electrons. The third kappa shape index (κ3) is 3.54. The van der Waals surface area contributed by atoms with Gasteiger partial charge in [-0.1, -0.05) is 17.7 Å². The summed E-state index contributed by atoms with van der Waals surface area (Å²) in [4.78, 5) is 27.9. The van der Waals surface area contributed by atoms with Crippen molar-refractivity contribution in [2.24, 2.45) is 5.92 Å². The van der Waals surface area contributed by atoms with Gasteiger partial charge in [0.25, 0.3) is 5.56 Å². The van der Waals surface area contributed by atoms with Crippen LogP contribution in [-0.4, -0.2) is 33.4 Å². The largest absolute Gasteiger partial charge is 0.508 e. The van der Waals surface area contributed by atoms with E-state index in [2.05, 4.69) is 4.90 Å². The number of carbonyl (C=O) groups is 1. The van der Waals surface area contributed by atoms with Gasteiger partial charge in [0.15, 0.2) is 5.78 Å². The van der Waals surface area contributed by atoms with Gasteiger partial charge in [-0.25, -0.2) is 0 Å². The zero-order valence-electron chi connectivity index (χ0n) is 18.4. The van der Waals surface area contributed by atoms with Crippen LogP contribution in [0.2, 0.25) is 5.02 Å². The van der Waals surface area contributed by atoms with E-state index in [-0.39, 0.29) is 23.0 Å². The fourth-order valence-electron chi connectivity index (χ4n) is 5.62. The number of hydrogen-bond acceptors (Lipinski definition) is 5. The van der Waals surface area contributed by atoms with Crippen molar-refractivity contribution in [3.8, 4) is 5.75 Å². The van der Waals surface area contributed by atoms with Crippen LogP contribution in [0.4, 0.5) is 0 Å². The molecule has 2 bridgehead atoms. The molecule has 4 aromatic rings. The second-order valence-electron chi connectivity index (χ2n) is 9.31. The number of ketones is 1. The molecule has 2 aliphatic rings. The molecule has 0 spiro atoms. The van der Waals surface area contributed by atoms with Gasteiger partial charge in [0.2, 0.25) is 0 Å². The van der Waals surface area contributed by atoms with E-state index in [1.54, 1.807) is 42.5 Å². The van der Waals surface area contributed by atoms with Crippen LogP contribution in [0.25, 0.3) is 11.0 Å². The molecule has 2 aromatic heterocycles. The minimum absolute atomic E-state index is 0.0619. The lowest BCUT2D eigenvalue weighted by atomic mass is 9.83. The molecule has 7 heteroatoms. The van der Waals surface area contributed by atoms with Gasteiger partial charge in [0.1, 0.15) is 17.6 Å². The number of likely N-dealkylation sites (tertiary alicyclic amines) is 1. The molecule has 1 fully saturated rings. The summed E-state index contributed by atoms with van der Waals surface area (Å²) in [6.07, 6.45) is 2.53. The summed E-state index contributed by atoms with van der Waals surface area (Å²) in [6.45, 7) is 2.82. The Kier molecular flexibility index (Phi) is 5.08. The Hall–Kier alpha value is -3.35. The van der Waals surface area contributed by atoms with E-state index in [9.17, 15) is 14.7 Å². The molecule has 6 nitrogen and oxygen atoms in total. The van der Waals surface area contributed by atoms with E-state index >= 15 is 0 Å². The summed E-state index contributed by atoms with van der Waals surface area (Å²) < 4.78 is 7.63. The Morgan fingerprint density at radius 2 is 1.88 bits per heavy atom. The maximum absolute atomic E-state index is 13.3. The second-order valence-corrected chi connectivity index (χ2v) is 9.75. The van der Waals surface area contributed by atoms with Crippen LogP contribution in [0.5, 0.6) is 5.75 Å². The SMILES string of the molecule is O=C(c1ccc(Cl)cc1)c1coc2ccc(O)c(CN3C[C@H]4C[C@@H](C3)c3cccc(=O)n3C4)c12. The lowest BCUT2D eigenvalue weighted by Crippen LogP contribution is -2.46. The van der Waals surface area contributed by atoms with Gasteiger partial charge in [-0.05, 0) is 54.8 Å². The smallest absolute Gasteiger partial charge is 0.250 e. The summed E-state index contributed by atoms with van der Waals surface area (Å²) in [6, 6.07) is 15.6. The van der Waals surface area contributed by atoms with Crippen molar-refractivity contribution in [2.75, 3.05) is 13.1 Å². The van der Waals surface area contributed by atoms with Gasteiger partial charge in [-0.15, -0.1) is 0 Å². The van der Waals surface area contributed by atoms with Crippen LogP contribution >= 0.6 is 11.6 Å². The number of piperidine rings is 1. The molecule has 4 heterocycles. The Balaban J connectivity index is 1.35. The first-order valence-electron chi connectivity index (χ1n) is 11.4. The van der Waals surface area contributed by atoms with Crippen molar-refractivity contribution in [2.45, 2.75) is 25.4 Å². The highest BCUT2D eigenvalue weighted by atomic mass is 35.5. The molecule has 34 heavy (non-hydrogen) atoms. The third-order valence-electron chi connectivity index (χ3n) is 7.11. The fourth-order valence-corrected chi connectivity index (χ4v) is 5.75. The normalized spacial score (nSPS) is 19.8. The van der Waals surface area contributed by atoms with Gasteiger partial charge >= 0.3 is 0 Å². The summed E-state index contributed by atoms with van der Waals surface area (Å²) in [7, 11) is 0. The quantitative estimate of drug-likeness (QED) is 0.430. The monoisotopic (exact) mass is 474 g/mol. The highest BCUT2D eigenvalue weighted by Crippen LogP contribution is 2.38. The van der Waals surface area contributed by atoms with E-state index in [4.69, 9.17) is 16.0 Å². The number of pyridine rings is 1. The van der Waals surface area contributed by atoms with Gasteiger partial charge in [0.05, 0.1) is 5.56 Å². The predicted molar refractivity (Wildman–Crippen MR) is 130 cm³/mol. The molecule has 0 amide bonds. The molecule has 2 aromatic carbocycles. The zero-order valence-corrected chi connectivity index (χ0v) is 19.2.